The first-order chi connectivity index (χ1) is 13.1. The number of nitrogens with two attached hydrogens (primary N) is 1. The molecule has 0 unspecified atom stereocenters. The van der Waals surface area contributed by atoms with E-state index in [1.165, 1.54) is 18.3 Å². The van der Waals surface area contributed by atoms with Crippen LogP contribution in [0.15, 0.2) is 36.5 Å². The molecule has 10 heteroatoms. The molecule has 0 bridgehead atoms. The number of nitrogens with one attached hydrogen (secondary N) is 1. The van der Waals surface area contributed by atoms with E-state index in [1.54, 1.807) is 11.0 Å². The van der Waals surface area contributed by atoms with Gasteiger partial charge in [0.2, 0.25) is 0 Å². The minimum atomic E-state index is -4.41. The van der Waals surface area contributed by atoms with Gasteiger partial charge < -0.3 is 20.9 Å². The van der Waals surface area contributed by atoms with E-state index in [0.29, 0.717) is 41.8 Å². The fourth-order valence-corrected chi connectivity index (χ4v) is 3.36. The third kappa shape index (κ3) is 4.41. The number of hydrogen-bond acceptors (Lipinski definition) is 4. The van der Waals surface area contributed by atoms with E-state index >= 15 is 0 Å². The smallest absolute Gasteiger partial charge is 0.397 e. The molecule has 0 aliphatic carbocycles. The van der Waals surface area contributed by atoms with Crippen molar-refractivity contribution >= 4 is 34.8 Å². The molecule has 0 spiro atoms. The molecule has 0 saturated carbocycles. The molecular weight excluding hydrogens is 395 g/mol. The van der Waals surface area contributed by atoms with Crippen LogP contribution in [0.4, 0.5) is 35.2 Å². The second-order valence-corrected chi connectivity index (χ2v) is 6.97. The average molecular weight is 414 g/mol. The Hall–Kier alpha value is -2.68. The predicted molar refractivity (Wildman–Crippen MR) is 103 cm³/mol. The number of rotatable bonds is 2. The van der Waals surface area contributed by atoms with Gasteiger partial charge in [-0.3, -0.25) is 0 Å². The lowest BCUT2D eigenvalue weighted by Gasteiger charge is -2.40. The van der Waals surface area contributed by atoms with Crippen molar-refractivity contribution in [3.05, 3.63) is 47.1 Å². The van der Waals surface area contributed by atoms with Gasteiger partial charge in [0.25, 0.3) is 0 Å². The number of halogens is 4. The van der Waals surface area contributed by atoms with Gasteiger partial charge in [-0.15, -0.1) is 0 Å². The predicted octanol–water partition coefficient (Wildman–Crippen LogP) is 4.08. The summed E-state index contributed by atoms with van der Waals surface area (Å²) in [5, 5.41) is 3.08. The van der Waals surface area contributed by atoms with Crippen LogP contribution in [-0.2, 0) is 6.18 Å². The molecule has 1 aliphatic heterocycles. The number of amides is 2. The van der Waals surface area contributed by atoms with E-state index in [9.17, 15) is 18.0 Å². The minimum absolute atomic E-state index is 0.154. The molecule has 1 aromatic heterocycles. The first kappa shape index (κ1) is 20.1. The summed E-state index contributed by atoms with van der Waals surface area (Å²) in [7, 11) is 0. The molecule has 2 aromatic rings. The van der Waals surface area contributed by atoms with Crippen molar-refractivity contribution < 1.29 is 18.0 Å². The van der Waals surface area contributed by atoms with E-state index in [4.69, 9.17) is 17.3 Å². The van der Waals surface area contributed by atoms with Crippen LogP contribution in [-0.4, -0.2) is 41.6 Å². The van der Waals surface area contributed by atoms with Gasteiger partial charge in [-0.25, -0.2) is 9.78 Å². The maximum absolute atomic E-state index is 12.6. The summed E-state index contributed by atoms with van der Waals surface area (Å²) in [6, 6.07) is 5.44. The van der Waals surface area contributed by atoms with Crippen molar-refractivity contribution in [1.82, 2.24) is 9.88 Å². The zero-order valence-corrected chi connectivity index (χ0v) is 15.8. The molecule has 2 heterocycles. The number of aromatic nitrogens is 1. The molecule has 3 N–H and O–H groups in total. The van der Waals surface area contributed by atoms with E-state index < -0.39 is 11.7 Å². The molecule has 28 heavy (non-hydrogen) atoms. The first-order valence-corrected chi connectivity index (χ1v) is 8.94. The number of carbonyl (C=O) groups is 1. The summed E-state index contributed by atoms with van der Waals surface area (Å²) in [6.45, 7) is 3.32. The maximum Gasteiger partial charge on any atom is 0.416 e. The number of urea groups is 1. The summed E-state index contributed by atoms with van der Waals surface area (Å²) in [4.78, 5) is 20.4. The SMILES string of the molecule is C[C@@H]1CN(c2ncc(N)cc2Cl)CCN1C(=O)Nc1ccc(C(F)(F)F)cc1. The van der Waals surface area contributed by atoms with Crippen LogP contribution in [0.2, 0.25) is 5.02 Å². The Labute approximate surface area is 165 Å². The van der Waals surface area contributed by atoms with E-state index in [0.717, 1.165) is 12.1 Å². The largest absolute Gasteiger partial charge is 0.416 e. The Morgan fingerprint density at radius 3 is 2.54 bits per heavy atom. The summed E-state index contributed by atoms with van der Waals surface area (Å²) in [5.74, 6) is 0.602. The lowest BCUT2D eigenvalue weighted by Crippen LogP contribution is -2.55. The topological polar surface area (TPSA) is 74.5 Å². The number of pyridine rings is 1. The molecule has 1 aromatic carbocycles. The number of piperazine rings is 1. The van der Waals surface area contributed by atoms with Crippen molar-refractivity contribution in [3.8, 4) is 0 Å². The highest BCUT2D eigenvalue weighted by Gasteiger charge is 2.31. The molecule has 3 rings (SSSR count). The second-order valence-electron chi connectivity index (χ2n) is 6.57. The number of hydrogen-bond donors (Lipinski definition) is 2. The van der Waals surface area contributed by atoms with E-state index in [2.05, 4.69) is 10.3 Å². The quantitative estimate of drug-likeness (QED) is 0.778. The Morgan fingerprint density at radius 2 is 1.96 bits per heavy atom. The number of benzene rings is 1. The molecule has 1 atom stereocenters. The number of alkyl halides is 3. The molecule has 1 aliphatic rings. The molecule has 2 amide bonds. The van der Waals surface area contributed by atoms with Gasteiger partial charge >= 0.3 is 12.2 Å². The van der Waals surface area contributed by atoms with Gasteiger partial charge in [-0.05, 0) is 37.3 Å². The van der Waals surface area contributed by atoms with Gasteiger partial charge in [-0.2, -0.15) is 13.2 Å². The fourth-order valence-electron chi connectivity index (χ4n) is 3.07. The lowest BCUT2D eigenvalue weighted by atomic mass is 10.2. The average Bonchev–Trinajstić information content (AvgIpc) is 2.61. The summed E-state index contributed by atoms with van der Waals surface area (Å²) in [6.07, 6.45) is -2.89. The van der Waals surface area contributed by atoms with Gasteiger partial charge in [0.05, 0.1) is 22.5 Å². The summed E-state index contributed by atoms with van der Waals surface area (Å²) < 4.78 is 37.9. The van der Waals surface area contributed by atoms with Crippen molar-refractivity contribution in [1.29, 1.82) is 0 Å². The number of anilines is 3. The van der Waals surface area contributed by atoms with Crippen LogP contribution in [0.25, 0.3) is 0 Å². The van der Waals surface area contributed by atoms with Crippen molar-refractivity contribution in [2.75, 3.05) is 35.6 Å². The highest BCUT2D eigenvalue weighted by Crippen LogP contribution is 2.30. The standard InChI is InChI=1S/C18H19ClF3N5O/c1-11-10-26(16-15(19)8-13(23)9-24-16)6-7-27(11)17(28)25-14-4-2-12(3-5-14)18(20,21)22/h2-5,8-9,11H,6-7,10,23H2,1H3,(H,25,28)/t11-/m1/s1. The highest BCUT2D eigenvalue weighted by molar-refractivity contribution is 6.33. The molecule has 1 fully saturated rings. The number of nitrogens with zero attached hydrogens (tertiary/aromatic N) is 3. The zero-order chi connectivity index (χ0) is 20.5. The van der Waals surface area contributed by atoms with Crippen LogP contribution in [0.5, 0.6) is 0 Å². The Kier molecular flexibility index (Phi) is 5.55. The summed E-state index contributed by atoms with van der Waals surface area (Å²) >= 11 is 6.20. The molecule has 0 radical (unpaired) electrons. The Balaban J connectivity index is 1.63. The van der Waals surface area contributed by atoms with Crippen LogP contribution >= 0.6 is 11.6 Å². The fraction of sp³-hybridized carbons (Fsp3) is 0.333. The van der Waals surface area contributed by atoms with E-state index in [1.807, 2.05) is 11.8 Å². The third-order valence-electron chi connectivity index (χ3n) is 4.49. The number of carbonyl (C=O) groups excluding carboxylic acids is 1. The minimum Gasteiger partial charge on any atom is -0.397 e. The van der Waals surface area contributed by atoms with Crippen molar-refractivity contribution in [3.63, 3.8) is 0 Å². The second kappa shape index (κ2) is 7.75. The molecule has 150 valence electrons. The highest BCUT2D eigenvalue weighted by atomic mass is 35.5. The maximum atomic E-state index is 12.6. The van der Waals surface area contributed by atoms with Crippen LogP contribution in [0, 0.1) is 0 Å². The van der Waals surface area contributed by atoms with Crippen LogP contribution in [0.3, 0.4) is 0 Å². The van der Waals surface area contributed by atoms with Gasteiger partial charge in [0.1, 0.15) is 5.82 Å². The van der Waals surface area contributed by atoms with Crippen LogP contribution < -0.4 is 16.0 Å². The molecular formula is C18H19ClF3N5O. The molecule has 1 saturated heterocycles. The van der Waals surface area contributed by atoms with Crippen molar-refractivity contribution in [2.45, 2.75) is 19.1 Å². The summed E-state index contributed by atoms with van der Waals surface area (Å²) in [5.41, 5.74) is 5.67. The first-order valence-electron chi connectivity index (χ1n) is 8.56. The van der Waals surface area contributed by atoms with Gasteiger partial charge in [0.15, 0.2) is 0 Å². The third-order valence-corrected chi connectivity index (χ3v) is 4.77. The lowest BCUT2D eigenvalue weighted by molar-refractivity contribution is -0.137. The normalized spacial score (nSPS) is 17.5. The molecule has 6 nitrogen and oxygen atoms in total. The van der Waals surface area contributed by atoms with Gasteiger partial charge in [-0.1, -0.05) is 11.6 Å². The van der Waals surface area contributed by atoms with E-state index in [-0.39, 0.29) is 12.1 Å². The van der Waals surface area contributed by atoms with Gasteiger partial charge in [0, 0.05) is 31.4 Å². The zero-order valence-electron chi connectivity index (χ0n) is 15.0. The van der Waals surface area contributed by atoms with Crippen LogP contribution in [0.1, 0.15) is 12.5 Å². The Bertz CT molecular complexity index is 859. The monoisotopic (exact) mass is 413 g/mol. The number of nitrogen functional groups attached to an aromatic ring is 1. The Morgan fingerprint density at radius 1 is 1.29 bits per heavy atom. The van der Waals surface area contributed by atoms with Crippen molar-refractivity contribution in [2.24, 2.45) is 0 Å².